The van der Waals surface area contributed by atoms with Crippen LogP contribution in [0.15, 0.2) is 46.6 Å². The fourth-order valence-electron chi connectivity index (χ4n) is 1.76. The van der Waals surface area contributed by atoms with Gasteiger partial charge in [0.1, 0.15) is 5.75 Å². The zero-order chi connectivity index (χ0) is 16.7. The molecule has 1 aromatic heterocycles. The smallest absolute Gasteiger partial charge is 0.277 e. The van der Waals surface area contributed by atoms with Gasteiger partial charge in [-0.15, -0.1) is 16.8 Å². The molecule has 1 atom stereocenters. The number of amides is 1. The number of rotatable bonds is 8. The van der Waals surface area contributed by atoms with E-state index in [9.17, 15) is 4.79 Å². The lowest BCUT2D eigenvalue weighted by atomic mass is 10.2. The third-order valence-electron chi connectivity index (χ3n) is 2.89. The van der Waals surface area contributed by atoms with Crippen LogP contribution in [0.1, 0.15) is 13.8 Å². The maximum absolute atomic E-state index is 11.8. The molecular formula is C16H19N3O3S. The summed E-state index contributed by atoms with van der Waals surface area (Å²) in [6.07, 6.45) is 1.63. The predicted molar refractivity (Wildman–Crippen MR) is 89.4 cm³/mol. The molecule has 1 heterocycles. The summed E-state index contributed by atoms with van der Waals surface area (Å²) in [5.41, 5.74) is 0.802. The molecule has 2 aromatic rings. The lowest BCUT2D eigenvalue weighted by Gasteiger charge is -2.07. The van der Waals surface area contributed by atoms with Gasteiger partial charge >= 0.3 is 0 Å². The van der Waals surface area contributed by atoms with Crippen molar-refractivity contribution in [1.29, 1.82) is 0 Å². The normalized spacial score (nSPS) is 11.7. The number of hydrogen-bond acceptors (Lipinski definition) is 6. The first-order chi connectivity index (χ1) is 11.1. The van der Waals surface area contributed by atoms with Crippen LogP contribution in [0.5, 0.6) is 5.75 Å². The van der Waals surface area contributed by atoms with Crippen LogP contribution in [0.25, 0.3) is 11.5 Å². The van der Waals surface area contributed by atoms with Crippen LogP contribution in [0.3, 0.4) is 0 Å². The molecule has 0 radical (unpaired) electrons. The standard InChI is InChI=1S/C16H19N3O3S/c1-4-10-17-14(20)11(3)23-16-19-18-15(22-16)12-6-8-13(9-7-12)21-5-2/h4,6-9,11H,1,5,10H2,2-3H3,(H,17,20)/t11-/m1/s1. The molecule has 2 rings (SSSR count). The van der Waals surface area contributed by atoms with E-state index in [2.05, 4.69) is 22.1 Å². The van der Waals surface area contributed by atoms with Gasteiger partial charge in [-0.25, -0.2) is 0 Å². The van der Waals surface area contributed by atoms with E-state index in [1.807, 2.05) is 31.2 Å². The Labute approximate surface area is 139 Å². The first kappa shape index (κ1) is 17.1. The Balaban J connectivity index is 1.99. The van der Waals surface area contributed by atoms with Gasteiger partial charge in [-0.1, -0.05) is 17.8 Å². The third-order valence-corrected chi connectivity index (χ3v) is 3.82. The van der Waals surface area contributed by atoms with Gasteiger partial charge in [0.05, 0.1) is 11.9 Å². The minimum absolute atomic E-state index is 0.101. The molecule has 0 unspecified atom stereocenters. The molecular weight excluding hydrogens is 314 g/mol. The molecule has 0 saturated heterocycles. The molecule has 0 aliphatic rings. The Kier molecular flexibility index (Phi) is 6.22. The number of nitrogens with zero attached hydrogens (tertiary/aromatic N) is 2. The summed E-state index contributed by atoms with van der Waals surface area (Å²) in [4.78, 5) is 11.8. The highest BCUT2D eigenvalue weighted by Gasteiger charge is 2.18. The van der Waals surface area contributed by atoms with Crippen molar-refractivity contribution in [3.8, 4) is 17.2 Å². The van der Waals surface area contributed by atoms with Crippen LogP contribution in [0, 0.1) is 0 Å². The minimum atomic E-state index is -0.330. The van der Waals surface area contributed by atoms with Crippen LogP contribution < -0.4 is 10.1 Å². The summed E-state index contributed by atoms with van der Waals surface area (Å²) >= 11 is 1.22. The Morgan fingerprint density at radius 1 is 1.43 bits per heavy atom. The molecule has 1 aromatic carbocycles. The van der Waals surface area contributed by atoms with Crippen LogP contribution >= 0.6 is 11.8 Å². The molecule has 1 N–H and O–H groups in total. The summed E-state index contributed by atoms with van der Waals surface area (Å²) in [5, 5.41) is 10.7. The van der Waals surface area contributed by atoms with Crippen molar-refractivity contribution >= 4 is 17.7 Å². The number of hydrogen-bond donors (Lipinski definition) is 1. The number of thioether (sulfide) groups is 1. The van der Waals surface area contributed by atoms with Crippen molar-refractivity contribution in [3.63, 3.8) is 0 Å². The highest BCUT2D eigenvalue weighted by Crippen LogP contribution is 2.27. The minimum Gasteiger partial charge on any atom is -0.494 e. The summed E-state index contributed by atoms with van der Waals surface area (Å²) in [6.45, 7) is 8.33. The zero-order valence-corrected chi connectivity index (χ0v) is 13.9. The third kappa shape index (κ3) is 4.85. The molecule has 0 spiro atoms. The monoisotopic (exact) mass is 333 g/mol. The van der Waals surface area contributed by atoms with E-state index in [1.54, 1.807) is 13.0 Å². The molecule has 0 aliphatic heterocycles. The molecule has 0 bridgehead atoms. The van der Waals surface area contributed by atoms with Gasteiger partial charge in [0.25, 0.3) is 5.22 Å². The largest absolute Gasteiger partial charge is 0.494 e. The Hall–Kier alpha value is -2.28. The van der Waals surface area contributed by atoms with Crippen molar-refractivity contribution < 1.29 is 13.9 Å². The molecule has 0 saturated carbocycles. The number of aromatic nitrogens is 2. The molecule has 6 nitrogen and oxygen atoms in total. The van der Waals surface area contributed by atoms with Crippen molar-refractivity contribution in [2.24, 2.45) is 0 Å². The molecule has 1 amide bonds. The summed E-state index contributed by atoms with van der Waals surface area (Å²) in [6, 6.07) is 7.41. The van der Waals surface area contributed by atoms with Gasteiger partial charge < -0.3 is 14.5 Å². The van der Waals surface area contributed by atoms with Crippen molar-refractivity contribution in [2.45, 2.75) is 24.3 Å². The van der Waals surface area contributed by atoms with Gasteiger partial charge in [0.2, 0.25) is 11.8 Å². The molecule has 0 fully saturated rings. The second-order valence-corrected chi connectivity index (χ2v) is 5.92. The quantitative estimate of drug-likeness (QED) is 0.591. The molecule has 23 heavy (non-hydrogen) atoms. The van der Waals surface area contributed by atoms with E-state index >= 15 is 0 Å². The van der Waals surface area contributed by atoms with Gasteiger partial charge in [-0.3, -0.25) is 4.79 Å². The van der Waals surface area contributed by atoms with Crippen molar-refractivity contribution in [1.82, 2.24) is 15.5 Å². The maximum Gasteiger partial charge on any atom is 0.277 e. The van der Waals surface area contributed by atoms with Crippen LogP contribution in [-0.2, 0) is 4.79 Å². The second kappa shape index (κ2) is 8.38. The Morgan fingerprint density at radius 2 is 2.17 bits per heavy atom. The number of carbonyl (C=O) groups is 1. The highest BCUT2D eigenvalue weighted by molar-refractivity contribution is 8.00. The topological polar surface area (TPSA) is 77.2 Å². The van der Waals surface area contributed by atoms with Gasteiger partial charge in [-0.2, -0.15) is 0 Å². The number of nitrogens with one attached hydrogen (secondary N) is 1. The average Bonchev–Trinajstić information content (AvgIpc) is 3.02. The van der Waals surface area contributed by atoms with Gasteiger partial charge in [-0.05, 0) is 38.1 Å². The van der Waals surface area contributed by atoms with Crippen LogP contribution in [0.2, 0.25) is 0 Å². The second-order valence-electron chi connectivity index (χ2n) is 4.62. The number of ether oxygens (including phenoxy) is 1. The van der Waals surface area contributed by atoms with Crippen molar-refractivity contribution in [2.75, 3.05) is 13.2 Å². The van der Waals surface area contributed by atoms with Gasteiger partial charge in [0, 0.05) is 12.1 Å². The Bertz CT molecular complexity index is 655. The first-order valence-electron chi connectivity index (χ1n) is 7.26. The highest BCUT2D eigenvalue weighted by atomic mass is 32.2. The van der Waals surface area contributed by atoms with Crippen LogP contribution in [-0.4, -0.2) is 34.5 Å². The van der Waals surface area contributed by atoms with Crippen molar-refractivity contribution in [3.05, 3.63) is 36.9 Å². The molecule has 122 valence electrons. The van der Waals surface area contributed by atoms with E-state index in [0.717, 1.165) is 11.3 Å². The number of benzene rings is 1. The van der Waals surface area contributed by atoms with E-state index in [-0.39, 0.29) is 11.2 Å². The van der Waals surface area contributed by atoms with E-state index in [0.29, 0.717) is 24.3 Å². The number of carbonyl (C=O) groups excluding carboxylic acids is 1. The SMILES string of the molecule is C=CCNC(=O)[C@@H](C)Sc1nnc(-c2ccc(OCC)cc2)o1. The summed E-state index contributed by atoms with van der Waals surface area (Å²) < 4.78 is 11.0. The molecule has 7 heteroatoms. The maximum atomic E-state index is 11.8. The van der Waals surface area contributed by atoms with E-state index in [4.69, 9.17) is 9.15 Å². The zero-order valence-electron chi connectivity index (χ0n) is 13.1. The fraction of sp³-hybridized carbons (Fsp3) is 0.312. The lowest BCUT2D eigenvalue weighted by Crippen LogP contribution is -2.30. The van der Waals surface area contributed by atoms with E-state index in [1.165, 1.54) is 11.8 Å². The van der Waals surface area contributed by atoms with Gasteiger partial charge in [0.15, 0.2) is 0 Å². The summed E-state index contributed by atoms with van der Waals surface area (Å²) in [5.74, 6) is 1.10. The lowest BCUT2D eigenvalue weighted by molar-refractivity contribution is -0.120. The molecule has 0 aliphatic carbocycles. The Morgan fingerprint density at radius 3 is 2.83 bits per heavy atom. The average molecular weight is 333 g/mol. The first-order valence-corrected chi connectivity index (χ1v) is 8.14. The summed E-state index contributed by atoms with van der Waals surface area (Å²) in [7, 11) is 0. The fourth-order valence-corrected chi connectivity index (χ4v) is 2.46. The predicted octanol–water partition coefficient (Wildman–Crippen LogP) is 2.92. The van der Waals surface area contributed by atoms with E-state index < -0.39 is 0 Å². The van der Waals surface area contributed by atoms with Crippen LogP contribution in [0.4, 0.5) is 0 Å².